The van der Waals surface area contributed by atoms with Gasteiger partial charge in [0.15, 0.2) is 11.6 Å². The first-order valence-corrected chi connectivity index (χ1v) is 9.14. The molecule has 0 N–H and O–H groups in total. The summed E-state index contributed by atoms with van der Waals surface area (Å²) in [5.74, 6) is -2.68. The van der Waals surface area contributed by atoms with Crippen LogP contribution in [0.15, 0.2) is 41.3 Å². The molecule has 1 aliphatic heterocycles. The van der Waals surface area contributed by atoms with Crippen molar-refractivity contribution in [3.63, 3.8) is 0 Å². The number of hydrogen-bond acceptors (Lipinski definition) is 5. The molecule has 3 rings (SSSR count). The Morgan fingerprint density at radius 3 is 2.35 bits per heavy atom. The molecule has 0 bridgehead atoms. The van der Waals surface area contributed by atoms with Gasteiger partial charge in [-0.1, -0.05) is 0 Å². The van der Waals surface area contributed by atoms with Gasteiger partial charge in [0.1, 0.15) is 5.75 Å². The standard InChI is InChI=1S/C16H14F2N2O5S/c17-13-5-3-11(9-14(13)18)25-16-6-4-12(10-15(16)20(21)22)26(23,24)19-7-1-2-8-19/h3-6,9-10H,1-2,7-8H2. The van der Waals surface area contributed by atoms with Crippen LogP contribution in [0.25, 0.3) is 0 Å². The topological polar surface area (TPSA) is 89.8 Å². The van der Waals surface area contributed by atoms with E-state index < -0.39 is 32.3 Å². The van der Waals surface area contributed by atoms with Crippen LogP contribution in [-0.4, -0.2) is 30.7 Å². The van der Waals surface area contributed by atoms with Gasteiger partial charge in [-0.05, 0) is 37.1 Å². The average Bonchev–Trinajstić information content (AvgIpc) is 3.13. The molecule has 0 unspecified atom stereocenters. The molecule has 2 aromatic carbocycles. The first kappa shape index (κ1) is 18.2. The molecule has 2 aromatic rings. The minimum absolute atomic E-state index is 0.151. The molecule has 0 radical (unpaired) electrons. The maximum atomic E-state index is 13.3. The maximum Gasteiger partial charge on any atom is 0.312 e. The zero-order valence-corrected chi connectivity index (χ0v) is 14.2. The number of nitro benzene ring substituents is 1. The second-order valence-electron chi connectivity index (χ2n) is 5.68. The quantitative estimate of drug-likeness (QED) is 0.582. The number of ether oxygens (including phenoxy) is 1. The third-order valence-corrected chi connectivity index (χ3v) is 5.84. The summed E-state index contributed by atoms with van der Waals surface area (Å²) >= 11 is 0. The van der Waals surface area contributed by atoms with E-state index in [4.69, 9.17) is 4.74 Å². The van der Waals surface area contributed by atoms with E-state index in [1.165, 1.54) is 10.4 Å². The minimum atomic E-state index is -3.83. The van der Waals surface area contributed by atoms with E-state index in [1.54, 1.807) is 0 Å². The van der Waals surface area contributed by atoms with E-state index in [2.05, 4.69) is 0 Å². The molecule has 0 amide bonds. The summed E-state index contributed by atoms with van der Waals surface area (Å²) in [6, 6.07) is 5.90. The first-order valence-electron chi connectivity index (χ1n) is 7.70. The number of nitro groups is 1. The van der Waals surface area contributed by atoms with Crippen LogP contribution in [0, 0.1) is 21.7 Å². The second-order valence-corrected chi connectivity index (χ2v) is 7.61. The van der Waals surface area contributed by atoms with Gasteiger partial charge >= 0.3 is 5.69 Å². The Hall–Kier alpha value is -2.59. The van der Waals surface area contributed by atoms with Crippen LogP contribution < -0.4 is 4.74 Å². The molecule has 0 aliphatic carbocycles. The van der Waals surface area contributed by atoms with Crippen LogP contribution in [0.2, 0.25) is 0 Å². The number of nitrogens with zero attached hydrogens (tertiary/aromatic N) is 2. The minimum Gasteiger partial charge on any atom is -0.450 e. The summed E-state index contributed by atoms with van der Waals surface area (Å²) in [6.07, 6.45) is 1.47. The number of hydrogen-bond donors (Lipinski definition) is 0. The van der Waals surface area contributed by atoms with Crippen molar-refractivity contribution in [1.82, 2.24) is 4.31 Å². The van der Waals surface area contributed by atoms with Gasteiger partial charge in [0, 0.05) is 25.2 Å². The van der Waals surface area contributed by atoms with Gasteiger partial charge in [0.2, 0.25) is 15.8 Å². The largest absolute Gasteiger partial charge is 0.450 e. The molecule has 1 aliphatic rings. The summed E-state index contributed by atoms with van der Waals surface area (Å²) < 4.78 is 57.8. The predicted molar refractivity (Wildman–Crippen MR) is 87.5 cm³/mol. The molecule has 10 heteroatoms. The Morgan fingerprint density at radius 1 is 1.04 bits per heavy atom. The molecule has 0 aromatic heterocycles. The van der Waals surface area contributed by atoms with E-state index in [0.717, 1.165) is 43.2 Å². The van der Waals surface area contributed by atoms with Gasteiger partial charge in [-0.3, -0.25) is 10.1 Å². The van der Waals surface area contributed by atoms with E-state index in [-0.39, 0.29) is 16.4 Å². The number of halogens is 2. The van der Waals surface area contributed by atoms with Gasteiger partial charge in [-0.2, -0.15) is 4.31 Å². The normalized spacial score (nSPS) is 15.2. The highest BCUT2D eigenvalue weighted by molar-refractivity contribution is 7.89. The van der Waals surface area contributed by atoms with Crippen LogP contribution in [-0.2, 0) is 10.0 Å². The number of sulfonamides is 1. The molecular weight excluding hydrogens is 370 g/mol. The monoisotopic (exact) mass is 384 g/mol. The number of benzene rings is 2. The molecule has 0 spiro atoms. The second kappa shape index (κ2) is 6.96. The van der Waals surface area contributed by atoms with Crippen molar-refractivity contribution in [2.75, 3.05) is 13.1 Å². The lowest BCUT2D eigenvalue weighted by atomic mass is 10.3. The summed E-state index contributed by atoms with van der Waals surface area (Å²) in [4.78, 5) is 10.3. The third kappa shape index (κ3) is 3.51. The van der Waals surface area contributed by atoms with Gasteiger partial charge in [0.25, 0.3) is 0 Å². The highest BCUT2D eigenvalue weighted by atomic mass is 32.2. The Morgan fingerprint density at radius 2 is 1.73 bits per heavy atom. The molecular formula is C16H14F2N2O5S. The molecule has 1 saturated heterocycles. The summed E-state index contributed by atoms with van der Waals surface area (Å²) in [5, 5.41) is 11.3. The smallest absolute Gasteiger partial charge is 0.312 e. The van der Waals surface area contributed by atoms with Crippen molar-refractivity contribution < 1.29 is 26.9 Å². The molecule has 1 fully saturated rings. The highest BCUT2D eigenvalue weighted by Gasteiger charge is 2.30. The van der Waals surface area contributed by atoms with Crippen molar-refractivity contribution in [3.05, 3.63) is 58.1 Å². The van der Waals surface area contributed by atoms with E-state index in [1.807, 2.05) is 0 Å². The van der Waals surface area contributed by atoms with Gasteiger partial charge in [-0.25, -0.2) is 17.2 Å². The van der Waals surface area contributed by atoms with Crippen molar-refractivity contribution in [1.29, 1.82) is 0 Å². The SMILES string of the molecule is O=[N+]([O-])c1cc(S(=O)(=O)N2CCCC2)ccc1Oc1ccc(F)c(F)c1. The Kier molecular flexibility index (Phi) is 4.88. The fraction of sp³-hybridized carbons (Fsp3) is 0.250. The lowest BCUT2D eigenvalue weighted by Gasteiger charge is -2.15. The Labute approximate surface area is 148 Å². The van der Waals surface area contributed by atoms with Crippen LogP contribution >= 0.6 is 0 Å². The molecule has 1 heterocycles. The van der Waals surface area contributed by atoms with Gasteiger partial charge in [0.05, 0.1) is 9.82 Å². The van der Waals surface area contributed by atoms with Crippen LogP contribution in [0.5, 0.6) is 11.5 Å². The highest BCUT2D eigenvalue weighted by Crippen LogP contribution is 2.35. The summed E-state index contributed by atoms with van der Waals surface area (Å²) in [6.45, 7) is 0.729. The fourth-order valence-corrected chi connectivity index (χ4v) is 4.17. The van der Waals surface area contributed by atoms with Crippen molar-refractivity contribution in [3.8, 4) is 11.5 Å². The Balaban J connectivity index is 1.97. The van der Waals surface area contributed by atoms with E-state index in [9.17, 15) is 27.3 Å². The third-order valence-electron chi connectivity index (χ3n) is 3.95. The average molecular weight is 384 g/mol. The predicted octanol–water partition coefficient (Wildman–Crippen LogP) is 3.45. The fourth-order valence-electron chi connectivity index (χ4n) is 2.63. The first-order chi connectivity index (χ1) is 12.3. The number of rotatable bonds is 5. The molecule has 138 valence electrons. The van der Waals surface area contributed by atoms with Crippen LogP contribution in [0.4, 0.5) is 14.5 Å². The van der Waals surface area contributed by atoms with Crippen molar-refractivity contribution in [2.45, 2.75) is 17.7 Å². The van der Waals surface area contributed by atoms with Gasteiger partial charge in [-0.15, -0.1) is 0 Å². The van der Waals surface area contributed by atoms with Crippen LogP contribution in [0.3, 0.4) is 0 Å². The summed E-state index contributed by atoms with van der Waals surface area (Å²) in [7, 11) is -3.83. The van der Waals surface area contributed by atoms with Gasteiger partial charge < -0.3 is 4.74 Å². The maximum absolute atomic E-state index is 13.3. The van der Waals surface area contributed by atoms with Crippen molar-refractivity contribution in [2.24, 2.45) is 0 Å². The molecule has 0 saturated carbocycles. The Bertz CT molecular complexity index is 959. The lowest BCUT2D eigenvalue weighted by molar-refractivity contribution is -0.385. The van der Waals surface area contributed by atoms with Crippen molar-refractivity contribution >= 4 is 15.7 Å². The van der Waals surface area contributed by atoms with Crippen LogP contribution in [0.1, 0.15) is 12.8 Å². The van der Waals surface area contributed by atoms with E-state index in [0.29, 0.717) is 13.1 Å². The lowest BCUT2D eigenvalue weighted by Crippen LogP contribution is -2.27. The van der Waals surface area contributed by atoms with E-state index >= 15 is 0 Å². The summed E-state index contributed by atoms with van der Waals surface area (Å²) in [5.41, 5.74) is -0.588. The molecule has 0 atom stereocenters. The zero-order chi connectivity index (χ0) is 18.9. The zero-order valence-electron chi connectivity index (χ0n) is 13.4. The molecule has 7 nitrogen and oxygen atoms in total. The molecule has 26 heavy (non-hydrogen) atoms.